The fourth-order valence-corrected chi connectivity index (χ4v) is 1.23. The summed E-state index contributed by atoms with van der Waals surface area (Å²) in [7, 11) is 0. The minimum atomic E-state index is -0.956. The normalized spacial score (nSPS) is 9.07. The van der Waals surface area contributed by atoms with Crippen molar-refractivity contribution >= 4 is 41.5 Å². The number of carboxylic acid groups (broad SMARTS) is 2. The van der Waals surface area contributed by atoms with Crippen molar-refractivity contribution < 1.29 is 19.8 Å². The molecule has 0 bridgehead atoms. The van der Waals surface area contributed by atoms with Gasteiger partial charge in [0.2, 0.25) is 0 Å². The number of hydrogen-bond acceptors (Lipinski definition) is 2. The Hall–Kier alpha value is -0.840. The monoisotopic (exact) mass is 217 g/mol. The number of aliphatic carboxylic acids is 2. The topological polar surface area (TPSA) is 74.6 Å². The minimum absolute atomic E-state index is 0. The van der Waals surface area contributed by atoms with Gasteiger partial charge in [0.15, 0.2) is 0 Å². The molecule has 0 aliphatic heterocycles. The molecular formula is C10H10NaO4. The van der Waals surface area contributed by atoms with Crippen LogP contribution < -0.4 is 0 Å². The van der Waals surface area contributed by atoms with E-state index in [2.05, 4.69) is 0 Å². The summed E-state index contributed by atoms with van der Waals surface area (Å²) >= 11 is 0. The molecule has 2 N–H and O–H groups in total. The second kappa shape index (κ2) is 6.61. The van der Waals surface area contributed by atoms with Gasteiger partial charge in [0.05, 0.1) is 12.8 Å². The number of benzene rings is 1. The van der Waals surface area contributed by atoms with Crippen molar-refractivity contribution in [2.75, 3.05) is 0 Å². The molecule has 0 aliphatic carbocycles. The average molecular weight is 217 g/mol. The molecule has 4 nitrogen and oxygen atoms in total. The second-order valence-corrected chi connectivity index (χ2v) is 2.91. The molecule has 1 aromatic carbocycles. The van der Waals surface area contributed by atoms with Crippen LogP contribution in [0.2, 0.25) is 0 Å². The second-order valence-electron chi connectivity index (χ2n) is 2.91. The number of carbonyl (C=O) groups is 2. The van der Waals surface area contributed by atoms with Crippen LogP contribution in [0.15, 0.2) is 24.3 Å². The van der Waals surface area contributed by atoms with Gasteiger partial charge in [0.1, 0.15) is 0 Å². The van der Waals surface area contributed by atoms with Crippen LogP contribution in [0.25, 0.3) is 0 Å². The molecule has 0 unspecified atom stereocenters. The fourth-order valence-electron chi connectivity index (χ4n) is 1.23. The molecule has 1 aromatic rings. The standard InChI is InChI=1S/C10H10O4.Na/c11-9(12)5-7-3-1-2-4-8(7)6-10(13)14;/h1-4H,5-6H2,(H,11,12)(H,13,14);. The van der Waals surface area contributed by atoms with Crippen molar-refractivity contribution in [3.63, 3.8) is 0 Å². The first-order valence-corrected chi connectivity index (χ1v) is 4.10. The average Bonchev–Trinajstić information content (AvgIpc) is 2.06. The van der Waals surface area contributed by atoms with E-state index in [9.17, 15) is 9.59 Å². The maximum atomic E-state index is 10.5. The maximum absolute atomic E-state index is 10.5. The number of carboxylic acids is 2. The zero-order valence-electron chi connectivity index (χ0n) is 8.43. The molecule has 0 aromatic heterocycles. The quantitative estimate of drug-likeness (QED) is 0.722. The van der Waals surface area contributed by atoms with Gasteiger partial charge in [-0.25, -0.2) is 0 Å². The van der Waals surface area contributed by atoms with E-state index in [0.717, 1.165) is 0 Å². The van der Waals surface area contributed by atoms with Gasteiger partial charge >= 0.3 is 11.9 Å². The molecule has 5 heteroatoms. The van der Waals surface area contributed by atoms with E-state index in [4.69, 9.17) is 10.2 Å². The van der Waals surface area contributed by atoms with Crippen LogP contribution in [-0.2, 0) is 22.4 Å². The van der Waals surface area contributed by atoms with Gasteiger partial charge in [-0.3, -0.25) is 9.59 Å². The number of rotatable bonds is 4. The Labute approximate surface area is 109 Å². The van der Waals surface area contributed by atoms with Crippen molar-refractivity contribution in [3.8, 4) is 0 Å². The van der Waals surface area contributed by atoms with E-state index < -0.39 is 11.9 Å². The van der Waals surface area contributed by atoms with Crippen LogP contribution in [0.4, 0.5) is 0 Å². The summed E-state index contributed by atoms with van der Waals surface area (Å²) in [6.45, 7) is 0. The predicted molar refractivity (Wildman–Crippen MR) is 54.9 cm³/mol. The molecule has 0 spiro atoms. The van der Waals surface area contributed by atoms with Crippen molar-refractivity contribution in [3.05, 3.63) is 35.4 Å². The summed E-state index contributed by atoms with van der Waals surface area (Å²) in [5, 5.41) is 17.2. The zero-order valence-corrected chi connectivity index (χ0v) is 10.4. The molecule has 1 radical (unpaired) electrons. The van der Waals surface area contributed by atoms with E-state index in [1.165, 1.54) is 0 Å². The van der Waals surface area contributed by atoms with Crippen LogP contribution >= 0.6 is 0 Å². The third-order valence-electron chi connectivity index (χ3n) is 1.80. The van der Waals surface area contributed by atoms with Crippen LogP contribution in [0.3, 0.4) is 0 Å². The van der Waals surface area contributed by atoms with Crippen molar-refractivity contribution in [1.82, 2.24) is 0 Å². The SMILES string of the molecule is O=C(O)Cc1ccccc1CC(=O)O.[Na]. The Morgan fingerprint density at radius 1 is 0.933 bits per heavy atom. The van der Waals surface area contributed by atoms with Gasteiger partial charge in [-0.15, -0.1) is 0 Å². The van der Waals surface area contributed by atoms with Gasteiger partial charge in [-0.2, -0.15) is 0 Å². The molecule has 15 heavy (non-hydrogen) atoms. The Balaban J connectivity index is 0.00000196. The Morgan fingerprint density at radius 3 is 1.53 bits per heavy atom. The van der Waals surface area contributed by atoms with Gasteiger partial charge in [-0.1, -0.05) is 24.3 Å². The van der Waals surface area contributed by atoms with Crippen molar-refractivity contribution in [1.29, 1.82) is 0 Å². The molecule has 0 saturated carbocycles. The number of hydrogen-bond donors (Lipinski definition) is 2. The van der Waals surface area contributed by atoms with E-state index in [0.29, 0.717) is 11.1 Å². The smallest absolute Gasteiger partial charge is 0.307 e. The summed E-state index contributed by atoms with van der Waals surface area (Å²) in [5.41, 5.74) is 1.12. The minimum Gasteiger partial charge on any atom is -0.481 e. The fraction of sp³-hybridized carbons (Fsp3) is 0.200. The third kappa shape index (κ3) is 4.97. The summed E-state index contributed by atoms with van der Waals surface area (Å²) < 4.78 is 0. The molecule has 0 saturated heterocycles. The summed E-state index contributed by atoms with van der Waals surface area (Å²) in [5.74, 6) is -1.91. The summed E-state index contributed by atoms with van der Waals surface area (Å²) in [4.78, 5) is 20.9. The van der Waals surface area contributed by atoms with Gasteiger partial charge < -0.3 is 10.2 Å². The van der Waals surface area contributed by atoms with Crippen LogP contribution in [0.5, 0.6) is 0 Å². The van der Waals surface area contributed by atoms with Gasteiger partial charge in [-0.05, 0) is 11.1 Å². The predicted octanol–water partition coefficient (Wildman–Crippen LogP) is 0.560. The Kier molecular flexibility index (Phi) is 6.24. The third-order valence-corrected chi connectivity index (χ3v) is 1.80. The van der Waals surface area contributed by atoms with Crippen LogP contribution in [0, 0.1) is 0 Å². The molecule has 1 rings (SSSR count). The van der Waals surface area contributed by atoms with Gasteiger partial charge in [0.25, 0.3) is 0 Å². The van der Waals surface area contributed by atoms with E-state index in [1.54, 1.807) is 24.3 Å². The van der Waals surface area contributed by atoms with Crippen LogP contribution in [0.1, 0.15) is 11.1 Å². The molecular weight excluding hydrogens is 207 g/mol. The first kappa shape index (κ1) is 14.2. The molecule has 75 valence electrons. The summed E-state index contributed by atoms with van der Waals surface area (Å²) in [6.07, 6.45) is -0.271. The molecule has 0 fully saturated rings. The van der Waals surface area contributed by atoms with E-state index in [-0.39, 0.29) is 42.4 Å². The van der Waals surface area contributed by atoms with Crippen molar-refractivity contribution in [2.45, 2.75) is 12.8 Å². The van der Waals surface area contributed by atoms with E-state index >= 15 is 0 Å². The van der Waals surface area contributed by atoms with Crippen molar-refractivity contribution in [2.24, 2.45) is 0 Å². The Morgan fingerprint density at radius 2 is 1.27 bits per heavy atom. The summed E-state index contributed by atoms with van der Waals surface area (Å²) in [6, 6.07) is 6.66. The molecule has 0 atom stereocenters. The molecule has 0 aliphatic rings. The first-order valence-electron chi connectivity index (χ1n) is 4.10. The van der Waals surface area contributed by atoms with Crippen LogP contribution in [-0.4, -0.2) is 51.7 Å². The largest absolute Gasteiger partial charge is 0.481 e. The molecule has 0 heterocycles. The van der Waals surface area contributed by atoms with Gasteiger partial charge in [0, 0.05) is 29.6 Å². The first-order chi connectivity index (χ1) is 6.59. The Bertz CT molecular complexity index is 327. The molecule has 0 amide bonds. The van der Waals surface area contributed by atoms with E-state index in [1.807, 2.05) is 0 Å². The zero-order chi connectivity index (χ0) is 10.6. The maximum Gasteiger partial charge on any atom is 0.307 e.